The minimum absolute atomic E-state index is 0.104. The van der Waals surface area contributed by atoms with Gasteiger partial charge in [-0.15, -0.1) is 0 Å². The van der Waals surface area contributed by atoms with E-state index >= 15 is 0 Å². The second-order valence-electron chi connectivity index (χ2n) is 7.64. The van der Waals surface area contributed by atoms with E-state index in [0.29, 0.717) is 32.0 Å². The Labute approximate surface area is 179 Å². The van der Waals surface area contributed by atoms with E-state index in [2.05, 4.69) is 20.5 Å². The highest BCUT2D eigenvalue weighted by atomic mass is 16.3. The van der Waals surface area contributed by atoms with Crippen molar-refractivity contribution in [3.63, 3.8) is 0 Å². The van der Waals surface area contributed by atoms with Crippen LogP contribution in [0.3, 0.4) is 0 Å². The molecule has 2 aromatic rings. The normalized spacial score (nSPS) is 15.7. The first-order valence-corrected chi connectivity index (χ1v) is 10.7. The molecule has 2 heterocycles. The second kappa shape index (κ2) is 11.4. The van der Waals surface area contributed by atoms with Crippen molar-refractivity contribution in [1.29, 1.82) is 0 Å². The van der Waals surface area contributed by atoms with Crippen molar-refractivity contribution in [3.8, 4) is 0 Å². The maximum Gasteiger partial charge on any atom is 0.224 e. The van der Waals surface area contributed by atoms with E-state index < -0.39 is 0 Å². The number of nitrogens with zero attached hydrogens (tertiary/aromatic N) is 3. The Kier molecular flexibility index (Phi) is 8.32. The minimum Gasteiger partial charge on any atom is -0.468 e. The van der Waals surface area contributed by atoms with Crippen LogP contribution in [0.1, 0.15) is 36.6 Å². The number of amides is 1. The molecule has 1 amide bonds. The van der Waals surface area contributed by atoms with Crippen LogP contribution in [0.2, 0.25) is 0 Å². The van der Waals surface area contributed by atoms with Gasteiger partial charge in [0.25, 0.3) is 0 Å². The van der Waals surface area contributed by atoms with Crippen molar-refractivity contribution in [2.24, 2.45) is 4.99 Å². The summed E-state index contributed by atoms with van der Waals surface area (Å²) in [4.78, 5) is 20.9. The summed E-state index contributed by atoms with van der Waals surface area (Å²) in [5.74, 6) is 1.77. The van der Waals surface area contributed by atoms with Gasteiger partial charge in [0, 0.05) is 40.2 Å². The number of hydrogen-bond acceptors (Lipinski definition) is 4. The van der Waals surface area contributed by atoms with Gasteiger partial charge in [-0.2, -0.15) is 0 Å². The molecule has 30 heavy (non-hydrogen) atoms. The molecule has 0 saturated carbocycles. The van der Waals surface area contributed by atoms with E-state index in [1.807, 2.05) is 49.5 Å². The van der Waals surface area contributed by atoms with Crippen molar-refractivity contribution >= 4 is 11.9 Å². The summed E-state index contributed by atoms with van der Waals surface area (Å²) in [6.07, 6.45) is 4.59. The van der Waals surface area contributed by atoms with Crippen LogP contribution in [0.25, 0.3) is 0 Å². The molecular formula is C23H33N5O2. The zero-order valence-corrected chi connectivity index (χ0v) is 18.0. The molecule has 7 nitrogen and oxygen atoms in total. The molecule has 2 N–H and O–H groups in total. The highest BCUT2D eigenvalue weighted by Crippen LogP contribution is 2.24. The summed E-state index contributed by atoms with van der Waals surface area (Å²) in [6, 6.07) is 14.2. The summed E-state index contributed by atoms with van der Waals surface area (Å²) in [5.41, 5.74) is 1.13. The third-order valence-electron chi connectivity index (χ3n) is 5.46. The minimum atomic E-state index is 0.104. The molecule has 1 aliphatic heterocycles. The van der Waals surface area contributed by atoms with Crippen LogP contribution < -0.4 is 10.6 Å². The Morgan fingerprint density at radius 3 is 2.60 bits per heavy atom. The van der Waals surface area contributed by atoms with Crippen LogP contribution in [0.15, 0.2) is 58.1 Å². The van der Waals surface area contributed by atoms with Crippen LogP contribution in [-0.4, -0.2) is 61.9 Å². The molecule has 7 heteroatoms. The van der Waals surface area contributed by atoms with Crippen molar-refractivity contribution in [2.45, 2.75) is 31.8 Å². The Balaban J connectivity index is 1.43. The van der Waals surface area contributed by atoms with Crippen LogP contribution >= 0.6 is 0 Å². The molecule has 0 aliphatic carbocycles. The molecule has 1 fully saturated rings. The van der Waals surface area contributed by atoms with E-state index in [1.165, 1.54) is 12.8 Å². The third-order valence-corrected chi connectivity index (χ3v) is 5.46. The molecule has 162 valence electrons. The number of hydrogen-bond donors (Lipinski definition) is 2. The molecule has 1 unspecified atom stereocenters. The lowest BCUT2D eigenvalue weighted by atomic mass is 10.2. The lowest BCUT2D eigenvalue weighted by Crippen LogP contribution is -2.43. The largest absolute Gasteiger partial charge is 0.468 e. The summed E-state index contributed by atoms with van der Waals surface area (Å²) in [5, 5.41) is 6.64. The topological polar surface area (TPSA) is 73.1 Å². The number of carbonyl (C=O) groups is 1. The van der Waals surface area contributed by atoms with Gasteiger partial charge in [0.15, 0.2) is 5.96 Å². The Morgan fingerprint density at radius 1 is 1.17 bits per heavy atom. The number of nitrogens with one attached hydrogen (secondary N) is 2. The van der Waals surface area contributed by atoms with E-state index in [1.54, 1.807) is 18.2 Å². The van der Waals surface area contributed by atoms with E-state index in [9.17, 15) is 4.79 Å². The molecule has 0 radical (unpaired) electrons. The van der Waals surface area contributed by atoms with Gasteiger partial charge in [-0.25, -0.2) is 0 Å². The van der Waals surface area contributed by atoms with Crippen molar-refractivity contribution in [3.05, 3.63) is 60.1 Å². The first kappa shape index (κ1) is 21.9. The molecule has 0 spiro atoms. The van der Waals surface area contributed by atoms with Gasteiger partial charge in [0.05, 0.1) is 12.3 Å². The van der Waals surface area contributed by atoms with Gasteiger partial charge in [-0.1, -0.05) is 30.3 Å². The van der Waals surface area contributed by atoms with Gasteiger partial charge < -0.3 is 20.0 Å². The molecular weight excluding hydrogens is 378 g/mol. The Morgan fingerprint density at radius 2 is 1.93 bits per heavy atom. The standard InChI is InChI=1S/C23H33N5O2/c1-24-23(25-13-12-22(29)27(2)18-19-9-4-3-5-10-19)26-17-20(21-11-8-16-30-21)28-14-6-7-15-28/h3-5,8-11,16,20H,6-7,12-15,17-18H2,1-2H3,(H2,24,25,26). The molecule has 0 bridgehead atoms. The summed E-state index contributed by atoms with van der Waals surface area (Å²) < 4.78 is 5.67. The van der Waals surface area contributed by atoms with Crippen LogP contribution in [0.4, 0.5) is 0 Å². The molecule has 1 aromatic heterocycles. The SMILES string of the molecule is CN=C(NCCC(=O)N(C)Cc1ccccc1)NCC(c1ccco1)N1CCCC1. The van der Waals surface area contributed by atoms with Crippen LogP contribution in [-0.2, 0) is 11.3 Å². The first-order valence-electron chi connectivity index (χ1n) is 10.7. The highest BCUT2D eigenvalue weighted by Gasteiger charge is 2.25. The molecule has 1 aromatic carbocycles. The molecule has 1 saturated heterocycles. The van der Waals surface area contributed by atoms with Crippen LogP contribution in [0, 0.1) is 0 Å². The average molecular weight is 412 g/mol. The predicted octanol–water partition coefficient (Wildman–Crippen LogP) is 2.63. The monoisotopic (exact) mass is 411 g/mol. The lowest BCUT2D eigenvalue weighted by Gasteiger charge is -2.26. The predicted molar refractivity (Wildman–Crippen MR) is 119 cm³/mol. The number of guanidine groups is 1. The lowest BCUT2D eigenvalue weighted by molar-refractivity contribution is -0.130. The van der Waals surface area contributed by atoms with Gasteiger partial charge in [0.1, 0.15) is 5.76 Å². The second-order valence-corrected chi connectivity index (χ2v) is 7.64. The van der Waals surface area contributed by atoms with Gasteiger partial charge in [0.2, 0.25) is 5.91 Å². The van der Waals surface area contributed by atoms with Gasteiger partial charge in [-0.05, 0) is 43.6 Å². The van der Waals surface area contributed by atoms with Gasteiger partial charge >= 0.3 is 0 Å². The van der Waals surface area contributed by atoms with Crippen molar-refractivity contribution in [1.82, 2.24) is 20.4 Å². The smallest absolute Gasteiger partial charge is 0.224 e. The quantitative estimate of drug-likeness (QED) is 0.490. The fraction of sp³-hybridized carbons (Fsp3) is 0.478. The summed E-state index contributed by atoms with van der Waals surface area (Å²) >= 11 is 0. The van der Waals surface area contributed by atoms with Crippen LogP contribution in [0.5, 0.6) is 0 Å². The zero-order chi connectivity index (χ0) is 21.2. The number of aliphatic imine (C=N–C) groups is 1. The maximum absolute atomic E-state index is 12.4. The van der Waals surface area contributed by atoms with Crippen molar-refractivity contribution < 1.29 is 9.21 Å². The van der Waals surface area contributed by atoms with Crippen molar-refractivity contribution in [2.75, 3.05) is 40.3 Å². The number of benzene rings is 1. The Bertz CT molecular complexity index is 785. The molecule has 1 atom stereocenters. The number of likely N-dealkylation sites (tertiary alicyclic amines) is 1. The average Bonchev–Trinajstić information content (AvgIpc) is 3.48. The zero-order valence-electron chi connectivity index (χ0n) is 18.0. The summed E-state index contributed by atoms with van der Waals surface area (Å²) in [7, 11) is 3.59. The van der Waals surface area contributed by atoms with E-state index in [0.717, 1.165) is 24.4 Å². The molecule has 3 rings (SSSR count). The fourth-order valence-corrected chi connectivity index (χ4v) is 3.78. The fourth-order valence-electron chi connectivity index (χ4n) is 3.78. The first-order chi connectivity index (χ1) is 14.7. The van der Waals surface area contributed by atoms with E-state index in [4.69, 9.17) is 4.42 Å². The maximum atomic E-state index is 12.4. The number of furan rings is 1. The van der Waals surface area contributed by atoms with E-state index in [-0.39, 0.29) is 11.9 Å². The molecule has 1 aliphatic rings. The number of carbonyl (C=O) groups excluding carboxylic acids is 1. The van der Waals surface area contributed by atoms with Gasteiger partial charge in [-0.3, -0.25) is 14.7 Å². The summed E-state index contributed by atoms with van der Waals surface area (Å²) in [6.45, 7) is 4.03. The highest BCUT2D eigenvalue weighted by molar-refractivity contribution is 5.81. The number of rotatable bonds is 9. The Hall–Kier alpha value is -2.80. The third kappa shape index (κ3) is 6.35.